The Morgan fingerprint density at radius 3 is 2.31 bits per heavy atom. The summed E-state index contributed by atoms with van der Waals surface area (Å²) < 4.78 is 12.2. The zero-order valence-corrected chi connectivity index (χ0v) is 22.6. The average molecular weight is 554 g/mol. The van der Waals surface area contributed by atoms with Gasteiger partial charge in [0.05, 0.1) is 7.11 Å². The van der Waals surface area contributed by atoms with E-state index in [0.29, 0.717) is 30.2 Å². The van der Waals surface area contributed by atoms with Crippen LogP contribution in [-0.2, 0) is 16.1 Å². The number of halogens is 1. The van der Waals surface area contributed by atoms with E-state index in [9.17, 15) is 9.59 Å². The van der Waals surface area contributed by atoms with Crippen LogP contribution in [0.25, 0.3) is 0 Å². The third kappa shape index (κ3) is 8.02. The first kappa shape index (κ1) is 27.1. The Bertz CT molecular complexity index is 1200. The predicted octanol–water partition coefficient (Wildman–Crippen LogP) is 6.38. The summed E-state index contributed by atoms with van der Waals surface area (Å²) in [6, 6.07) is 18.7. The largest absolute Gasteiger partial charge is 0.493 e. The number of amides is 2. The second kappa shape index (κ2) is 13.0. The number of hydrogen-bond acceptors (Lipinski definition) is 5. The molecule has 0 aliphatic rings. The van der Waals surface area contributed by atoms with Crippen molar-refractivity contribution < 1.29 is 19.1 Å². The molecular weight excluding hydrogens is 522 g/mol. The Morgan fingerprint density at radius 2 is 1.61 bits per heavy atom. The van der Waals surface area contributed by atoms with Gasteiger partial charge in [-0.15, -0.1) is 0 Å². The number of methoxy groups -OCH3 is 1. The molecule has 0 radical (unpaired) electrons. The Kier molecular flexibility index (Phi) is 9.76. The number of ether oxygens (including phenoxy) is 2. The quantitative estimate of drug-likeness (QED) is 0.256. The van der Waals surface area contributed by atoms with Crippen LogP contribution in [0.3, 0.4) is 0 Å². The van der Waals surface area contributed by atoms with Gasteiger partial charge in [0.25, 0.3) is 5.91 Å². The van der Waals surface area contributed by atoms with E-state index in [2.05, 4.69) is 31.9 Å². The highest BCUT2D eigenvalue weighted by atomic mass is 79.9. The highest BCUT2D eigenvalue weighted by molar-refractivity contribution is 9.10. The third-order valence-corrected chi connectivity index (χ3v) is 6.02. The number of nitrogens with one attached hydrogen (secondary N) is 3. The van der Waals surface area contributed by atoms with Crippen molar-refractivity contribution in [2.24, 2.45) is 5.92 Å². The molecule has 0 bridgehead atoms. The van der Waals surface area contributed by atoms with E-state index in [1.807, 2.05) is 75.4 Å². The van der Waals surface area contributed by atoms with Gasteiger partial charge in [0, 0.05) is 40.1 Å². The first-order valence-corrected chi connectivity index (χ1v) is 12.5. The SMILES string of the molecule is COc1ccc(Br)c(CNc2cccc(NC(=O)CC(C)C)c2)c1OCC(=O)Nc1ccc(C)cc1. The van der Waals surface area contributed by atoms with Gasteiger partial charge >= 0.3 is 0 Å². The predicted molar refractivity (Wildman–Crippen MR) is 148 cm³/mol. The molecule has 0 heterocycles. The summed E-state index contributed by atoms with van der Waals surface area (Å²) in [5.41, 5.74) is 4.17. The minimum absolute atomic E-state index is 0.0164. The minimum Gasteiger partial charge on any atom is -0.493 e. The van der Waals surface area contributed by atoms with Gasteiger partial charge in [-0.1, -0.05) is 53.5 Å². The van der Waals surface area contributed by atoms with Crippen LogP contribution in [0.4, 0.5) is 17.1 Å². The molecule has 0 atom stereocenters. The lowest BCUT2D eigenvalue weighted by atomic mass is 10.1. The lowest BCUT2D eigenvalue weighted by Gasteiger charge is -2.18. The molecule has 8 heteroatoms. The molecule has 0 saturated carbocycles. The number of benzene rings is 3. The Morgan fingerprint density at radius 1 is 0.917 bits per heavy atom. The summed E-state index contributed by atoms with van der Waals surface area (Å²) in [6.07, 6.45) is 0.465. The molecule has 0 fully saturated rings. The van der Waals surface area contributed by atoms with Gasteiger partial charge in [-0.25, -0.2) is 0 Å². The molecule has 3 aromatic rings. The number of anilines is 3. The van der Waals surface area contributed by atoms with Crippen LogP contribution in [0.1, 0.15) is 31.4 Å². The molecule has 2 amide bonds. The maximum atomic E-state index is 12.5. The molecular formula is C28H32BrN3O4. The third-order valence-electron chi connectivity index (χ3n) is 5.28. The molecule has 0 aliphatic carbocycles. The number of hydrogen-bond donors (Lipinski definition) is 3. The lowest BCUT2D eigenvalue weighted by Crippen LogP contribution is -2.21. The molecule has 3 rings (SSSR count). The molecule has 36 heavy (non-hydrogen) atoms. The van der Waals surface area contributed by atoms with Crippen molar-refractivity contribution in [2.45, 2.75) is 33.7 Å². The normalized spacial score (nSPS) is 10.6. The van der Waals surface area contributed by atoms with Gasteiger partial charge in [0.15, 0.2) is 18.1 Å². The molecule has 0 aliphatic heterocycles. The number of carbonyl (C=O) groups excluding carboxylic acids is 2. The van der Waals surface area contributed by atoms with Gasteiger partial charge in [-0.3, -0.25) is 9.59 Å². The van der Waals surface area contributed by atoms with Gasteiger partial charge in [0.2, 0.25) is 5.91 Å². The van der Waals surface area contributed by atoms with E-state index in [0.717, 1.165) is 27.0 Å². The second-order valence-corrected chi connectivity index (χ2v) is 9.70. The van der Waals surface area contributed by atoms with E-state index in [4.69, 9.17) is 9.47 Å². The maximum absolute atomic E-state index is 12.5. The van der Waals surface area contributed by atoms with E-state index in [-0.39, 0.29) is 24.3 Å². The highest BCUT2D eigenvalue weighted by Gasteiger charge is 2.16. The summed E-state index contributed by atoms with van der Waals surface area (Å²) >= 11 is 3.59. The zero-order valence-electron chi connectivity index (χ0n) is 21.0. The fourth-order valence-electron chi connectivity index (χ4n) is 3.52. The van der Waals surface area contributed by atoms with Crippen LogP contribution < -0.4 is 25.4 Å². The fraction of sp³-hybridized carbons (Fsp3) is 0.286. The lowest BCUT2D eigenvalue weighted by molar-refractivity contribution is -0.118. The van der Waals surface area contributed by atoms with E-state index >= 15 is 0 Å². The van der Waals surface area contributed by atoms with Crippen molar-refractivity contribution >= 4 is 44.8 Å². The molecule has 0 aromatic heterocycles. The number of carbonyl (C=O) groups is 2. The van der Waals surface area contributed by atoms with E-state index in [1.54, 1.807) is 13.2 Å². The summed E-state index contributed by atoms with van der Waals surface area (Å²) in [4.78, 5) is 24.6. The summed E-state index contributed by atoms with van der Waals surface area (Å²) in [5.74, 6) is 0.990. The smallest absolute Gasteiger partial charge is 0.262 e. The fourth-order valence-corrected chi connectivity index (χ4v) is 3.97. The van der Waals surface area contributed by atoms with Crippen LogP contribution in [0.15, 0.2) is 65.1 Å². The first-order chi connectivity index (χ1) is 17.2. The number of rotatable bonds is 11. The topological polar surface area (TPSA) is 88.7 Å². The van der Waals surface area contributed by atoms with Crippen LogP contribution in [-0.4, -0.2) is 25.5 Å². The Balaban J connectivity index is 1.69. The summed E-state index contributed by atoms with van der Waals surface area (Å²) in [7, 11) is 1.56. The van der Waals surface area contributed by atoms with E-state index in [1.165, 1.54) is 0 Å². The monoisotopic (exact) mass is 553 g/mol. The maximum Gasteiger partial charge on any atom is 0.262 e. The van der Waals surface area contributed by atoms with Crippen molar-refractivity contribution in [1.82, 2.24) is 0 Å². The van der Waals surface area contributed by atoms with Gasteiger partial charge < -0.3 is 25.4 Å². The second-order valence-electron chi connectivity index (χ2n) is 8.84. The van der Waals surface area contributed by atoms with Crippen molar-refractivity contribution in [3.8, 4) is 11.5 Å². The van der Waals surface area contributed by atoms with E-state index < -0.39 is 0 Å². The molecule has 3 N–H and O–H groups in total. The Labute approximate surface area is 220 Å². The molecule has 3 aromatic carbocycles. The molecule has 0 saturated heterocycles. The van der Waals surface area contributed by atoms with Crippen LogP contribution in [0.2, 0.25) is 0 Å². The average Bonchev–Trinajstić information content (AvgIpc) is 2.83. The standard InChI is InChI=1S/C28H32BrN3O4/c1-18(2)14-26(33)32-22-7-5-6-21(15-22)30-16-23-24(29)12-13-25(35-4)28(23)36-17-27(34)31-20-10-8-19(3)9-11-20/h5-13,15,18,30H,14,16-17H2,1-4H3,(H,31,34)(H,32,33). The first-order valence-electron chi connectivity index (χ1n) is 11.7. The molecule has 0 spiro atoms. The van der Waals surface area contributed by atoms with Gasteiger partial charge in [-0.05, 0) is 55.3 Å². The van der Waals surface area contributed by atoms with Gasteiger partial charge in [-0.2, -0.15) is 0 Å². The summed E-state index contributed by atoms with van der Waals surface area (Å²) in [6.45, 7) is 6.23. The zero-order chi connectivity index (χ0) is 26.1. The summed E-state index contributed by atoms with van der Waals surface area (Å²) in [5, 5.41) is 9.13. The molecule has 190 valence electrons. The van der Waals surface area contributed by atoms with Crippen LogP contribution in [0.5, 0.6) is 11.5 Å². The van der Waals surface area contributed by atoms with Crippen LogP contribution >= 0.6 is 15.9 Å². The Hall–Kier alpha value is -3.52. The number of aryl methyl sites for hydroxylation is 1. The molecule has 7 nitrogen and oxygen atoms in total. The van der Waals surface area contributed by atoms with Crippen molar-refractivity contribution in [3.05, 3.63) is 76.3 Å². The van der Waals surface area contributed by atoms with Crippen LogP contribution in [0, 0.1) is 12.8 Å². The van der Waals surface area contributed by atoms with Crippen molar-refractivity contribution in [1.29, 1.82) is 0 Å². The van der Waals surface area contributed by atoms with Crippen molar-refractivity contribution in [2.75, 3.05) is 29.7 Å². The van der Waals surface area contributed by atoms with Gasteiger partial charge in [0.1, 0.15) is 0 Å². The van der Waals surface area contributed by atoms with Crippen molar-refractivity contribution in [3.63, 3.8) is 0 Å². The molecule has 0 unspecified atom stereocenters. The highest BCUT2D eigenvalue weighted by Crippen LogP contribution is 2.37. The minimum atomic E-state index is -0.273.